The van der Waals surface area contributed by atoms with Gasteiger partial charge in [0.15, 0.2) is 11.2 Å². The molecule has 3 aromatic heterocycles. The van der Waals surface area contributed by atoms with Gasteiger partial charge in [0.25, 0.3) is 11.8 Å². The number of nitrogens with zero attached hydrogens (tertiary/aromatic N) is 7. The van der Waals surface area contributed by atoms with Crippen LogP contribution in [0.4, 0.5) is 15.3 Å². The van der Waals surface area contributed by atoms with Crippen molar-refractivity contribution in [1.29, 1.82) is 0 Å². The van der Waals surface area contributed by atoms with Crippen LogP contribution in [0.5, 0.6) is 0 Å². The summed E-state index contributed by atoms with van der Waals surface area (Å²) < 4.78 is 17.7. The number of thiazole rings is 1. The fourth-order valence-corrected chi connectivity index (χ4v) is 7.77. The summed E-state index contributed by atoms with van der Waals surface area (Å²) in [4.78, 5) is 57.3. The Balaban J connectivity index is 1.02. The quantitative estimate of drug-likeness (QED) is 0.302. The van der Waals surface area contributed by atoms with Crippen LogP contribution in [0.3, 0.4) is 0 Å². The van der Waals surface area contributed by atoms with Crippen LogP contribution in [-0.2, 0) is 29.1 Å². The zero-order valence-electron chi connectivity index (χ0n) is 24.1. The molecule has 0 saturated carbocycles. The fraction of sp³-hybridized carbons (Fsp3) is 0.355. The van der Waals surface area contributed by atoms with Gasteiger partial charge in [-0.1, -0.05) is 0 Å². The van der Waals surface area contributed by atoms with Crippen LogP contribution in [0.25, 0.3) is 11.1 Å². The summed E-state index contributed by atoms with van der Waals surface area (Å²) in [7, 11) is 0. The van der Waals surface area contributed by atoms with Crippen molar-refractivity contribution in [2.24, 2.45) is 5.41 Å². The summed E-state index contributed by atoms with van der Waals surface area (Å²) in [6, 6.07) is 5.79. The van der Waals surface area contributed by atoms with E-state index in [-0.39, 0.29) is 29.6 Å². The third-order valence-corrected chi connectivity index (χ3v) is 9.91. The molecule has 14 heteroatoms. The van der Waals surface area contributed by atoms with E-state index < -0.39 is 29.6 Å². The Morgan fingerprint density at radius 1 is 1.11 bits per heavy atom. The molecular weight excluding hydrogens is 599 g/mol. The van der Waals surface area contributed by atoms with Gasteiger partial charge >= 0.3 is 5.97 Å². The smallest absolute Gasteiger partial charge is 0.317 e. The number of likely N-dealkylation sites (tertiary alicyclic amines) is 1. The lowest BCUT2D eigenvalue weighted by atomic mass is 9.73. The maximum atomic E-state index is 15.7. The summed E-state index contributed by atoms with van der Waals surface area (Å²) in [6.07, 6.45) is 6.63. The number of fused-ring (bicyclic) bond motifs is 2. The molecule has 1 unspecified atom stereocenters. The molecule has 1 atom stereocenters. The molecule has 0 radical (unpaired) electrons. The minimum atomic E-state index is -1.04. The monoisotopic (exact) mass is 628 g/mol. The number of anilines is 2. The first-order valence-electron chi connectivity index (χ1n) is 14.8. The zero-order chi connectivity index (χ0) is 30.9. The number of carbonyl (C=O) groups is 3. The number of carboxylic acid groups (broad SMARTS) is 1. The Labute approximate surface area is 261 Å². The lowest BCUT2D eigenvalue weighted by Crippen LogP contribution is -2.72. The molecule has 2 saturated heterocycles. The van der Waals surface area contributed by atoms with Gasteiger partial charge in [-0.05, 0) is 42.7 Å². The molecule has 0 bridgehead atoms. The largest absolute Gasteiger partial charge is 0.480 e. The van der Waals surface area contributed by atoms with Gasteiger partial charge < -0.3 is 19.5 Å². The van der Waals surface area contributed by atoms with Crippen LogP contribution in [0.1, 0.15) is 39.8 Å². The highest BCUT2D eigenvalue weighted by Gasteiger charge is 2.52. The van der Waals surface area contributed by atoms with Crippen molar-refractivity contribution in [3.05, 3.63) is 76.7 Å². The number of aromatic nitrogens is 4. The van der Waals surface area contributed by atoms with Gasteiger partial charge in [-0.3, -0.25) is 24.6 Å². The minimum absolute atomic E-state index is 0.0552. The topological polar surface area (TPSA) is 137 Å². The average Bonchev–Trinajstić information content (AvgIpc) is 3.78. The SMILES string of the molecule is O=C(O)CN1CC2(C1)CN(c1ccc(-c3cc(F)c4c(c3)C(=O)N(C(C(=O)Nc3nccs3)c3ncn5c3CCC5)C4)cn1)C2. The molecule has 4 aliphatic rings. The van der Waals surface area contributed by atoms with Crippen molar-refractivity contribution in [2.75, 3.05) is 42.9 Å². The van der Waals surface area contributed by atoms with Gasteiger partial charge in [0.1, 0.15) is 11.6 Å². The van der Waals surface area contributed by atoms with E-state index in [1.54, 1.807) is 30.2 Å². The molecule has 4 aliphatic heterocycles. The summed E-state index contributed by atoms with van der Waals surface area (Å²) >= 11 is 1.28. The zero-order valence-corrected chi connectivity index (χ0v) is 25.0. The number of hydrogen-bond acceptors (Lipinski definition) is 9. The van der Waals surface area contributed by atoms with Crippen LogP contribution in [0.15, 0.2) is 48.4 Å². The van der Waals surface area contributed by atoms with Crippen molar-refractivity contribution >= 4 is 40.1 Å². The molecule has 1 spiro atoms. The van der Waals surface area contributed by atoms with E-state index >= 15 is 4.39 Å². The second kappa shape index (κ2) is 10.4. The first kappa shape index (κ1) is 27.8. The van der Waals surface area contributed by atoms with Gasteiger partial charge in [-0.2, -0.15) is 0 Å². The van der Waals surface area contributed by atoms with E-state index in [0.717, 1.165) is 57.1 Å². The predicted octanol–water partition coefficient (Wildman–Crippen LogP) is 3.03. The van der Waals surface area contributed by atoms with Crippen LogP contribution < -0.4 is 10.2 Å². The number of carboxylic acids is 1. The number of rotatable bonds is 8. The molecule has 2 N–H and O–H groups in total. The van der Waals surface area contributed by atoms with Gasteiger partial charge in [-0.25, -0.2) is 19.3 Å². The Kier molecular flexibility index (Phi) is 6.46. The van der Waals surface area contributed by atoms with E-state index in [0.29, 0.717) is 22.0 Å². The molecule has 4 aromatic rings. The van der Waals surface area contributed by atoms with Crippen molar-refractivity contribution in [1.82, 2.24) is 29.3 Å². The summed E-state index contributed by atoms with van der Waals surface area (Å²) in [5.74, 6) is -1.40. The highest BCUT2D eigenvalue weighted by molar-refractivity contribution is 7.13. The van der Waals surface area contributed by atoms with Gasteiger partial charge in [0.05, 0.1) is 25.1 Å². The van der Waals surface area contributed by atoms with Crippen LogP contribution in [-0.4, -0.2) is 84.9 Å². The standard InChI is InChI=1S/C31H29FN8O4S/c32-22-9-19(18-3-4-24(34-10-18)39-15-31(16-39)13-37(14-31)12-25(41)42)8-20-21(22)11-40(29(20)44)27(28(43)36-30-33-5-7-45-30)26-23-2-1-6-38(23)17-35-26/h3-5,7-10,17,27H,1-2,6,11-16H2,(H,41,42)(H,33,36,43). The molecule has 7 heterocycles. The van der Waals surface area contributed by atoms with E-state index in [4.69, 9.17) is 5.11 Å². The van der Waals surface area contributed by atoms with E-state index in [1.165, 1.54) is 22.3 Å². The molecule has 12 nitrogen and oxygen atoms in total. The number of pyridine rings is 1. The number of benzene rings is 1. The number of halogens is 1. The highest BCUT2D eigenvalue weighted by atomic mass is 32.1. The molecule has 2 fully saturated rings. The Bertz CT molecular complexity index is 1830. The molecule has 8 rings (SSSR count). The maximum absolute atomic E-state index is 15.7. The van der Waals surface area contributed by atoms with Gasteiger partial charge in [0, 0.05) is 78.3 Å². The molecule has 230 valence electrons. The van der Waals surface area contributed by atoms with Gasteiger partial charge in [-0.15, -0.1) is 11.3 Å². The van der Waals surface area contributed by atoms with Crippen molar-refractivity contribution in [2.45, 2.75) is 32.0 Å². The maximum Gasteiger partial charge on any atom is 0.317 e. The minimum Gasteiger partial charge on any atom is -0.480 e. The summed E-state index contributed by atoms with van der Waals surface area (Å²) in [5, 5.41) is 14.0. The van der Waals surface area contributed by atoms with E-state index in [9.17, 15) is 14.4 Å². The average molecular weight is 629 g/mol. The predicted molar refractivity (Wildman–Crippen MR) is 162 cm³/mol. The Hall–Kier alpha value is -4.69. The number of amides is 2. The number of carbonyl (C=O) groups excluding carboxylic acids is 2. The van der Waals surface area contributed by atoms with E-state index in [1.807, 2.05) is 21.6 Å². The molecule has 0 aliphatic carbocycles. The highest BCUT2D eigenvalue weighted by Crippen LogP contribution is 2.42. The van der Waals surface area contributed by atoms with Crippen LogP contribution >= 0.6 is 11.3 Å². The summed E-state index contributed by atoms with van der Waals surface area (Å²) in [6.45, 7) is 3.97. The number of aliphatic carboxylic acids is 1. The Morgan fingerprint density at radius 3 is 2.69 bits per heavy atom. The molecule has 45 heavy (non-hydrogen) atoms. The third kappa shape index (κ3) is 4.75. The first-order chi connectivity index (χ1) is 21.8. The lowest BCUT2D eigenvalue weighted by molar-refractivity contribution is -0.142. The molecular formula is C31H29FN8O4S. The Morgan fingerprint density at radius 2 is 1.96 bits per heavy atom. The van der Waals surface area contributed by atoms with Crippen LogP contribution in [0, 0.1) is 11.2 Å². The van der Waals surface area contributed by atoms with Crippen molar-refractivity contribution < 1.29 is 23.9 Å². The second-order valence-corrected chi connectivity index (χ2v) is 13.2. The number of imidazole rings is 1. The molecule has 1 aromatic carbocycles. The van der Waals surface area contributed by atoms with Gasteiger partial charge in [0.2, 0.25) is 0 Å². The fourth-order valence-electron chi connectivity index (χ4n) is 7.24. The second-order valence-electron chi connectivity index (χ2n) is 12.3. The van der Waals surface area contributed by atoms with Crippen molar-refractivity contribution in [3.63, 3.8) is 0 Å². The van der Waals surface area contributed by atoms with Crippen LogP contribution in [0.2, 0.25) is 0 Å². The van der Waals surface area contributed by atoms with E-state index in [2.05, 4.69) is 25.2 Å². The third-order valence-electron chi connectivity index (χ3n) is 9.22. The number of aryl methyl sites for hydroxylation is 1. The first-order valence-corrected chi connectivity index (χ1v) is 15.7. The normalized spacial score (nSPS) is 18.8. The lowest BCUT2D eigenvalue weighted by Gasteiger charge is -2.60. The molecule has 2 amide bonds. The number of nitrogens with one attached hydrogen (secondary N) is 1. The number of hydrogen-bond donors (Lipinski definition) is 2. The summed E-state index contributed by atoms with van der Waals surface area (Å²) in [5.41, 5.74) is 3.20. The van der Waals surface area contributed by atoms with Crippen molar-refractivity contribution in [3.8, 4) is 11.1 Å².